The fourth-order valence-corrected chi connectivity index (χ4v) is 10.7. The molecular formula is C62H75BrN2S. The molecule has 0 radical (unpaired) electrons. The normalized spacial score (nSPS) is 12.8. The lowest BCUT2D eigenvalue weighted by Crippen LogP contribution is -2.18. The van der Waals surface area contributed by atoms with Crippen LogP contribution in [0.2, 0.25) is 0 Å². The van der Waals surface area contributed by atoms with Gasteiger partial charge in [-0.15, -0.1) is 11.3 Å². The predicted octanol–water partition coefficient (Wildman–Crippen LogP) is 20.0. The standard InChI is InChI=1S/C62H75BrN2S/c1-38-26-40(3)57(41(4)27-38)65(55-37-66-56-25-22-44(34-51(55)56)59(8,9)10)49-29-39(2)28-48(36-49)64(54-24-21-45(35-52(54)63)60(11,12)13)53-23-20-43(58(5,6)7)33-50(53)42-30-46(61(14,15)16)32-47(31-42)62(17,18)19/h20-37H,1-19H3. The lowest BCUT2D eigenvalue weighted by molar-refractivity contribution is 0.569. The SMILES string of the molecule is Cc1cc(N(c2ccc(C(C)(C)C)cc2Br)c2ccc(C(C)(C)C)cc2-c2cc(C(C)(C)C)cc(C(C)(C)C)c2)cc(N(c2c(C)cc(C)cc2C)c2csc3ccc(C(C)(C)C)cc23)c1. The van der Waals surface area contributed by atoms with Gasteiger partial charge in [0.05, 0.1) is 22.7 Å². The van der Waals surface area contributed by atoms with Crippen LogP contribution in [0, 0.1) is 27.7 Å². The van der Waals surface area contributed by atoms with Crippen molar-refractivity contribution in [3.05, 3.63) is 163 Å². The van der Waals surface area contributed by atoms with E-state index in [1.165, 1.54) is 82.7 Å². The van der Waals surface area contributed by atoms with Crippen molar-refractivity contribution < 1.29 is 0 Å². The van der Waals surface area contributed by atoms with Gasteiger partial charge < -0.3 is 9.80 Å². The van der Waals surface area contributed by atoms with Crippen LogP contribution < -0.4 is 9.80 Å². The molecule has 0 aliphatic carbocycles. The second kappa shape index (κ2) is 17.5. The summed E-state index contributed by atoms with van der Waals surface area (Å²) >= 11 is 6.03. The number of nitrogens with zero attached hydrogens (tertiary/aromatic N) is 2. The zero-order valence-electron chi connectivity index (χ0n) is 43.6. The third-order valence-electron chi connectivity index (χ3n) is 13.2. The maximum absolute atomic E-state index is 4.20. The average Bonchev–Trinajstić information content (AvgIpc) is 3.61. The number of rotatable bonds is 7. The molecule has 6 aromatic carbocycles. The quantitative estimate of drug-likeness (QED) is 0.157. The molecule has 0 saturated carbocycles. The molecule has 0 N–H and O–H groups in total. The molecular weight excluding hydrogens is 885 g/mol. The van der Waals surface area contributed by atoms with Crippen molar-refractivity contribution in [2.45, 2.75) is 159 Å². The van der Waals surface area contributed by atoms with E-state index < -0.39 is 0 Å². The summed E-state index contributed by atoms with van der Waals surface area (Å²) in [6.45, 7) is 43.8. The molecule has 66 heavy (non-hydrogen) atoms. The van der Waals surface area contributed by atoms with Crippen LogP contribution in [0.25, 0.3) is 21.2 Å². The van der Waals surface area contributed by atoms with Gasteiger partial charge in [-0.1, -0.05) is 158 Å². The Morgan fingerprint density at radius 2 is 0.864 bits per heavy atom. The molecule has 0 atom stereocenters. The summed E-state index contributed by atoms with van der Waals surface area (Å²) in [5.74, 6) is 0. The first-order chi connectivity index (χ1) is 30.4. The molecule has 0 bridgehead atoms. The molecule has 0 aliphatic rings. The summed E-state index contributed by atoms with van der Waals surface area (Å²) in [4.78, 5) is 5.07. The van der Waals surface area contributed by atoms with Gasteiger partial charge >= 0.3 is 0 Å². The van der Waals surface area contributed by atoms with Gasteiger partial charge in [0.2, 0.25) is 0 Å². The van der Waals surface area contributed by atoms with E-state index in [2.05, 4.69) is 266 Å². The smallest absolute Gasteiger partial charge is 0.0647 e. The van der Waals surface area contributed by atoms with Gasteiger partial charge in [0.1, 0.15) is 0 Å². The van der Waals surface area contributed by atoms with Gasteiger partial charge in [0, 0.05) is 36.9 Å². The Morgan fingerprint density at radius 3 is 1.38 bits per heavy atom. The highest BCUT2D eigenvalue weighted by atomic mass is 79.9. The highest BCUT2D eigenvalue weighted by Gasteiger charge is 2.29. The zero-order chi connectivity index (χ0) is 48.6. The van der Waals surface area contributed by atoms with Gasteiger partial charge in [-0.2, -0.15) is 0 Å². The van der Waals surface area contributed by atoms with E-state index in [1.807, 2.05) is 11.3 Å². The van der Waals surface area contributed by atoms with Crippen LogP contribution in [0.5, 0.6) is 0 Å². The second-order valence-corrected chi connectivity index (χ2v) is 26.0. The van der Waals surface area contributed by atoms with E-state index in [1.54, 1.807) is 0 Å². The molecule has 2 nitrogen and oxygen atoms in total. The first-order valence-corrected chi connectivity index (χ1v) is 25.5. The Balaban J connectivity index is 1.60. The number of aryl methyl sites for hydroxylation is 4. The van der Waals surface area contributed by atoms with Crippen molar-refractivity contribution in [2.24, 2.45) is 0 Å². The summed E-state index contributed by atoms with van der Waals surface area (Å²) in [6.07, 6.45) is 0. The van der Waals surface area contributed by atoms with E-state index >= 15 is 0 Å². The molecule has 0 unspecified atom stereocenters. The van der Waals surface area contributed by atoms with Crippen LogP contribution in [0.4, 0.5) is 34.1 Å². The maximum Gasteiger partial charge on any atom is 0.0647 e. The maximum atomic E-state index is 4.20. The monoisotopic (exact) mass is 958 g/mol. The minimum absolute atomic E-state index is 0.0148. The van der Waals surface area contributed by atoms with Crippen LogP contribution in [0.1, 0.15) is 154 Å². The van der Waals surface area contributed by atoms with Gasteiger partial charge in [0.15, 0.2) is 0 Å². The second-order valence-electron chi connectivity index (χ2n) is 24.2. The molecule has 0 fully saturated rings. The van der Waals surface area contributed by atoms with Crippen molar-refractivity contribution in [3.8, 4) is 11.1 Å². The predicted molar refractivity (Wildman–Crippen MR) is 297 cm³/mol. The van der Waals surface area contributed by atoms with Gasteiger partial charge in [-0.3, -0.25) is 0 Å². The Hall–Kier alpha value is -4.64. The number of hydrogen-bond acceptors (Lipinski definition) is 3. The Bertz CT molecular complexity index is 2890. The van der Waals surface area contributed by atoms with Crippen molar-refractivity contribution in [2.75, 3.05) is 9.80 Å². The number of halogens is 1. The van der Waals surface area contributed by atoms with Crippen molar-refractivity contribution in [1.82, 2.24) is 0 Å². The number of benzene rings is 6. The summed E-state index contributed by atoms with van der Waals surface area (Å²) in [7, 11) is 0. The average molecular weight is 960 g/mol. The van der Waals surface area contributed by atoms with Crippen molar-refractivity contribution >= 4 is 71.5 Å². The molecule has 1 aromatic heterocycles. The first kappa shape index (κ1) is 49.3. The van der Waals surface area contributed by atoms with E-state index in [9.17, 15) is 0 Å². The molecule has 0 saturated heterocycles. The molecule has 0 spiro atoms. The van der Waals surface area contributed by atoms with E-state index in [0.29, 0.717) is 0 Å². The molecule has 7 rings (SSSR count). The molecule has 4 heteroatoms. The number of anilines is 6. The highest BCUT2D eigenvalue weighted by molar-refractivity contribution is 9.10. The highest BCUT2D eigenvalue weighted by Crippen LogP contribution is 2.51. The van der Waals surface area contributed by atoms with Gasteiger partial charge in [0.25, 0.3) is 0 Å². The van der Waals surface area contributed by atoms with Crippen LogP contribution in [0.15, 0.2) is 113 Å². The summed E-state index contributed by atoms with van der Waals surface area (Å²) in [6, 6.07) is 40.4. The fourth-order valence-electron chi connectivity index (χ4n) is 9.21. The third kappa shape index (κ3) is 10.1. The van der Waals surface area contributed by atoms with E-state index in [-0.39, 0.29) is 27.1 Å². The number of fused-ring (bicyclic) bond motifs is 1. The third-order valence-corrected chi connectivity index (χ3v) is 14.8. The lowest BCUT2D eigenvalue weighted by atomic mass is 9.78. The Kier molecular flexibility index (Phi) is 13.0. The van der Waals surface area contributed by atoms with Crippen LogP contribution in [0.3, 0.4) is 0 Å². The summed E-state index contributed by atoms with van der Waals surface area (Å²) in [5.41, 5.74) is 20.8. The molecule has 7 aromatic rings. The largest absolute Gasteiger partial charge is 0.309 e. The Labute approximate surface area is 411 Å². The zero-order valence-corrected chi connectivity index (χ0v) is 46.0. The van der Waals surface area contributed by atoms with Gasteiger partial charge in [-0.05, 0) is 175 Å². The number of thiophene rings is 1. The molecule has 1 heterocycles. The Morgan fingerprint density at radius 1 is 0.409 bits per heavy atom. The molecule has 0 aliphatic heterocycles. The summed E-state index contributed by atoms with van der Waals surface area (Å²) < 4.78 is 2.35. The van der Waals surface area contributed by atoms with Crippen LogP contribution in [-0.2, 0) is 27.1 Å². The lowest BCUT2D eigenvalue weighted by Gasteiger charge is -2.34. The van der Waals surface area contributed by atoms with Crippen LogP contribution in [-0.4, -0.2) is 0 Å². The molecule has 0 amide bonds. The van der Waals surface area contributed by atoms with E-state index in [4.69, 9.17) is 0 Å². The topological polar surface area (TPSA) is 6.48 Å². The van der Waals surface area contributed by atoms with Crippen molar-refractivity contribution in [3.63, 3.8) is 0 Å². The number of hydrogen-bond donors (Lipinski definition) is 0. The van der Waals surface area contributed by atoms with Crippen molar-refractivity contribution in [1.29, 1.82) is 0 Å². The summed E-state index contributed by atoms with van der Waals surface area (Å²) in [5, 5.41) is 3.65. The molecule has 346 valence electrons. The van der Waals surface area contributed by atoms with Gasteiger partial charge in [-0.25, -0.2) is 0 Å². The first-order valence-electron chi connectivity index (χ1n) is 23.8. The minimum atomic E-state index is -0.0571. The minimum Gasteiger partial charge on any atom is -0.309 e. The van der Waals surface area contributed by atoms with Crippen LogP contribution >= 0.6 is 27.3 Å². The van der Waals surface area contributed by atoms with E-state index in [0.717, 1.165) is 27.2 Å². The fraction of sp³-hybridized carbons (Fsp3) is 0.387.